The summed E-state index contributed by atoms with van der Waals surface area (Å²) in [6, 6.07) is 8.97. The second-order valence-corrected chi connectivity index (χ2v) is 7.58. The van der Waals surface area contributed by atoms with Crippen molar-refractivity contribution in [1.29, 1.82) is 0 Å². The Balaban J connectivity index is 2.18. The van der Waals surface area contributed by atoms with Crippen LogP contribution in [0.25, 0.3) is 0 Å². The van der Waals surface area contributed by atoms with Crippen molar-refractivity contribution in [2.45, 2.75) is 46.6 Å². The lowest BCUT2D eigenvalue weighted by Crippen LogP contribution is -2.29. The van der Waals surface area contributed by atoms with Gasteiger partial charge in [0.15, 0.2) is 0 Å². The zero-order chi connectivity index (χ0) is 20.7. The number of benzene rings is 1. The predicted molar refractivity (Wildman–Crippen MR) is 111 cm³/mol. The van der Waals surface area contributed by atoms with Gasteiger partial charge >= 0.3 is 5.97 Å². The smallest absolute Gasteiger partial charge is 0.341 e. The first-order valence-electron chi connectivity index (χ1n) is 9.27. The van der Waals surface area contributed by atoms with Gasteiger partial charge in [0, 0.05) is 11.8 Å². The van der Waals surface area contributed by atoms with Crippen molar-refractivity contribution < 1.29 is 19.1 Å². The molecule has 1 aromatic heterocycles. The van der Waals surface area contributed by atoms with E-state index in [2.05, 4.69) is 10.6 Å². The van der Waals surface area contributed by atoms with Crippen molar-refractivity contribution in [3.8, 4) is 0 Å². The lowest BCUT2D eigenvalue weighted by Gasteiger charge is -2.18. The Labute approximate surface area is 169 Å². The minimum Gasteiger partial charge on any atom is -0.462 e. The van der Waals surface area contributed by atoms with E-state index >= 15 is 0 Å². The van der Waals surface area contributed by atoms with Gasteiger partial charge in [0.2, 0.25) is 11.8 Å². The minimum absolute atomic E-state index is 0.0598. The van der Waals surface area contributed by atoms with Crippen LogP contribution in [0.1, 0.15) is 59.6 Å². The summed E-state index contributed by atoms with van der Waals surface area (Å²) in [6.07, 6.45) is 0.815. The molecule has 7 heteroatoms. The van der Waals surface area contributed by atoms with Crippen molar-refractivity contribution in [2.75, 3.05) is 11.9 Å². The summed E-state index contributed by atoms with van der Waals surface area (Å²) >= 11 is 1.36. The topological polar surface area (TPSA) is 84.5 Å². The molecule has 0 aliphatic heterocycles. The highest BCUT2D eigenvalue weighted by Crippen LogP contribution is 2.30. The lowest BCUT2D eigenvalue weighted by molar-refractivity contribution is -0.120. The number of thiophene rings is 1. The molecule has 1 aromatic carbocycles. The molecule has 1 heterocycles. The maximum atomic E-state index is 12.7. The first-order valence-corrected chi connectivity index (χ1v) is 10.1. The maximum absolute atomic E-state index is 12.7. The monoisotopic (exact) mass is 402 g/mol. The Morgan fingerprint density at radius 3 is 2.39 bits per heavy atom. The number of aryl methyl sites for hydroxylation is 2. The fraction of sp³-hybridized carbons (Fsp3) is 0.381. The Morgan fingerprint density at radius 2 is 1.82 bits per heavy atom. The highest BCUT2D eigenvalue weighted by Gasteiger charge is 2.21. The number of nitrogens with one attached hydrogen (secondary N) is 2. The third kappa shape index (κ3) is 5.92. The van der Waals surface area contributed by atoms with Gasteiger partial charge in [-0.3, -0.25) is 9.59 Å². The molecule has 2 aromatic rings. The van der Waals surface area contributed by atoms with Crippen LogP contribution in [0.3, 0.4) is 0 Å². The first kappa shape index (κ1) is 21.6. The van der Waals surface area contributed by atoms with Crippen LogP contribution in [-0.2, 0) is 20.7 Å². The second-order valence-electron chi connectivity index (χ2n) is 6.45. The van der Waals surface area contributed by atoms with E-state index in [1.807, 2.05) is 38.1 Å². The number of amides is 2. The number of carbonyl (C=O) groups is 3. The normalized spacial score (nSPS) is 11.6. The molecule has 0 saturated carbocycles. The summed E-state index contributed by atoms with van der Waals surface area (Å²) in [5.41, 5.74) is 2.31. The largest absolute Gasteiger partial charge is 0.462 e. The summed E-state index contributed by atoms with van der Waals surface area (Å²) in [6.45, 7) is 7.38. The van der Waals surface area contributed by atoms with Crippen LogP contribution in [0.2, 0.25) is 0 Å². The summed E-state index contributed by atoms with van der Waals surface area (Å²) < 4.78 is 5.08. The molecule has 0 radical (unpaired) electrons. The van der Waals surface area contributed by atoms with Crippen molar-refractivity contribution in [1.82, 2.24) is 5.32 Å². The van der Waals surface area contributed by atoms with Gasteiger partial charge in [-0.1, -0.05) is 36.8 Å². The fourth-order valence-electron chi connectivity index (χ4n) is 2.73. The fourth-order valence-corrected chi connectivity index (χ4v) is 3.73. The van der Waals surface area contributed by atoms with Gasteiger partial charge in [-0.15, -0.1) is 11.3 Å². The van der Waals surface area contributed by atoms with Gasteiger partial charge in [0.25, 0.3) is 0 Å². The van der Waals surface area contributed by atoms with E-state index in [1.165, 1.54) is 18.3 Å². The summed E-state index contributed by atoms with van der Waals surface area (Å²) in [5, 5.41) is 6.11. The molecule has 1 atom stereocenters. The van der Waals surface area contributed by atoms with Crippen molar-refractivity contribution in [3.05, 3.63) is 51.9 Å². The minimum atomic E-state index is -0.453. The molecule has 0 fully saturated rings. The molecule has 6 nitrogen and oxygen atoms in total. The van der Waals surface area contributed by atoms with Crippen molar-refractivity contribution >= 4 is 34.1 Å². The van der Waals surface area contributed by atoms with Crippen LogP contribution < -0.4 is 10.6 Å². The number of carbonyl (C=O) groups excluding carboxylic acids is 3. The molecule has 0 bridgehead atoms. The third-order valence-corrected chi connectivity index (χ3v) is 5.32. The van der Waals surface area contributed by atoms with Crippen molar-refractivity contribution in [3.63, 3.8) is 0 Å². The first-order chi connectivity index (χ1) is 13.3. The molecule has 2 rings (SSSR count). The van der Waals surface area contributed by atoms with E-state index < -0.39 is 12.0 Å². The molecule has 2 N–H and O–H groups in total. The molecule has 0 spiro atoms. The Hall–Kier alpha value is -2.67. The van der Waals surface area contributed by atoms with Gasteiger partial charge in [-0.25, -0.2) is 4.79 Å². The van der Waals surface area contributed by atoms with Crippen LogP contribution in [0.5, 0.6) is 0 Å². The maximum Gasteiger partial charge on any atom is 0.341 e. The number of hydrogen-bond acceptors (Lipinski definition) is 5. The number of anilines is 1. The molecule has 0 unspecified atom stereocenters. The van der Waals surface area contributed by atoms with Crippen molar-refractivity contribution in [2.24, 2.45) is 0 Å². The van der Waals surface area contributed by atoms with E-state index in [0.717, 1.165) is 22.4 Å². The average molecular weight is 403 g/mol. The second kappa shape index (κ2) is 10.0. The number of rotatable bonds is 8. The SMILES string of the molecule is CCOC(=O)c1cc(CC)sc1NC(=O)C[C@@H](NC(C)=O)c1ccc(C)cc1. The van der Waals surface area contributed by atoms with E-state index in [1.54, 1.807) is 13.0 Å². The summed E-state index contributed by atoms with van der Waals surface area (Å²) in [5.74, 6) is -0.949. The van der Waals surface area contributed by atoms with Crippen LogP contribution in [-0.4, -0.2) is 24.4 Å². The molecular weight excluding hydrogens is 376 g/mol. The molecule has 0 saturated heterocycles. The Bertz CT molecular complexity index is 843. The molecule has 28 heavy (non-hydrogen) atoms. The molecular formula is C21H26N2O4S. The van der Waals surface area contributed by atoms with E-state index in [9.17, 15) is 14.4 Å². The summed E-state index contributed by atoms with van der Waals surface area (Å²) in [7, 11) is 0. The highest BCUT2D eigenvalue weighted by atomic mass is 32.1. The van der Waals surface area contributed by atoms with Gasteiger partial charge in [-0.05, 0) is 31.9 Å². The third-order valence-electron chi connectivity index (χ3n) is 4.13. The number of hydrogen-bond donors (Lipinski definition) is 2. The standard InChI is InChI=1S/C21H26N2O4S/c1-5-16-11-17(21(26)27-6-2)20(28-16)23-19(25)12-18(22-14(4)24)15-9-7-13(3)8-10-15/h7-11,18H,5-6,12H2,1-4H3,(H,22,24)(H,23,25)/t18-/m1/s1. The van der Waals surface area contributed by atoms with Gasteiger partial charge in [0.1, 0.15) is 5.00 Å². The Morgan fingerprint density at radius 1 is 1.14 bits per heavy atom. The van der Waals surface area contributed by atoms with E-state index in [0.29, 0.717) is 10.6 Å². The van der Waals surface area contributed by atoms with Crippen LogP contribution in [0.15, 0.2) is 30.3 Å². The van der Waals surface area contributed by atoms with E-state index in [4.69, 9.17) is 4.74 Å². The highest BCUT2D eigenvalue weighted by molar-refractivity contribution is 7.16. The van der Waals surface area contributed by atoms with Crippen LogP contribution in [0.4, 0.5) is 5.00 Å². The molecule has 0 aliphatic carbocycles. The number of ether oxygens (including phenoxy) is 1. The average Bonchev–Trinajstić information content (AvgIpc) is 3.04. The zero-order valence-corrected chi connectivity index (χ0v) is 17.4. The molecule has 0 aliphatic rings. The molecule has 150 valence electrons. The van der Waals surface area contributed by atoms with Gasteiger partial charge in [-0.2, -0.15) is 0 Å². The quantitative estimate of drug-likeness (QED) is 0.654. The van der Waals surface area contributed by atoms with Crippen LogP contribution in [0, 0.1) is 6.92 Å². The lowest BCUT2D eigenvalue weighted by atomic mass is 10.0. The molecule has 2 amide bonds. The predicted octanol–water partition coefficient (Wildman–Crippen LogP) is 4.00. The zero-order valence-electron chi connectivity index (χ0n) is 16.6. The Kier molecular flexibility index (Phi) is 7.75. The number of esters is 1. The van der Waals surface area contributed by atoms with Crippen LogP contribution >= 0.6 is 11.3 Å². The van der Waals surface area contributed by atoms with Gasteiger partial charge in [0.05, 0.1) is 24.6 Å². The van der Waals surface area contributed by atoms with Gasteiger partial charge < -0.3 is 15.4 Å². The van der Waals surface area contributed by atoms with E-state index in [-0.39, 0.29) is 24.8 Å². The summed E-state index contributed by atoms with van der Waals surface area (Å²) in [4.78, 5) is 37.4.